The first-order valence-corrected chi connectivity index (χ1v) is 11.2. The molecular formula is C26H31N3O2. The molecule has 2 heterocycles. The van der Waals surface area contributed by atoms with Gasteiger partial charge in [0.1, 0.15) is 5.75 Å². The van der Waals surface area contributed by atoms with Gasteiger partial charge in [0.05, 0.1) is 19.9 Å². The Kier molecular flexibility index (Phi) is 7.51. The molecule has 1 saturated heterocycles. The third-order valence-corrected chi connectivity index (χ3v) is 6.05. The molecule has 0 N–H and O–H groups in total. The predicted octanol–water partition coefficient (Wildman–Crippen LogP) is 5.19. The van der Waals surface area contributed by atoms with Crippen LogP contribution in [0, 0.1) is 0 Å². The van der Waals surface area contributed by atoms with Crippen LogP contribution in [0.2, 0.25) is 0 Å². The van der Waals surface area contributed by atoms with Gasteiger partial charge in [0, 0.05) is 12.4 Å². The van der Waals surface area contributed by atoms with Gasteiger partial charge in [-0.15, -0.1) is 0 Å². The minimum absolute atomic E-state index is 0.610. The molecule has 0 radical (unpaired) electrons. The van der Waals surface area contributed by atoms with E-state index in [1.807, 2.05) is 12.1 Å². The number of benzene rings is 2. The highest BCUT2D eigenvalue weighted by atomic mass is 16.5. The van der Waals surface area contributed by atoms with Gasteiger partial charge in [-0.25, -0.2) is 4.98 Å². The van der Waals surface area contributed by atoms with Crippen LogP contribution in [0.5, 0.6) is 11.6 Å². The Morgan fingerprint density at radius 3 is 2.52 bits per heavy atom. The normalized spacial score (nSPS) is 15.0. The van der Waals surface area contributed by atoms with E-state index in [2.05, 4.69) is 51.3 Å². The fraction of sp³-hybridized carbons (Fsp3) is 0.385. The van der Waals surface area contributed by atoms with E-state index in [1.54, 1.807) is 25.7 Å². The molecule has 0 saturated carbocycles. The minimum atomic E-state index is 0.610. The highest BCUT2D eigenvalue weighted by Gasteiger charge is 2.22. The fourth-order valence-electron chi connectivity index (χ4n) is 4.33. The lowest BCUT2D eigenvalue weighted by Gasteiger charge is -2.33. The van der Waals surface area contributed by atoms with Crippen molar-refractivity contribution in [2.75, 3.05) is 33.4 Å². The maximum atomic E-state index is 5.64. The zero-order valence-corrected chi connectivity index (χ0v) is 18.2. The Balaban J connectivity index is 1.25. The molecule has 0 aliphatic carbocycles. The summed E-state index contributed by atoms with van der Waals surface area (Å²) in [6.07, 6.45) is 9.59. The number of hydrogen-bond acceptors (Lipinski definition) is 5. The van der Waals surface area contributed by atoms with Crippen LogP contribution in [-0.4, -0.2) is 48.2 Å². The molecule has 0 bridgehead atoms. The van der Waals surface area contributed by atoms with Crippen molar-refractivity contribution in [1.29, 1.82) is 0 Å². The van der Waals surface area contributed by atoms with Crippen LogP contribution in [0.1, 0.15) is 37.2 Å². The standard InChI is InChI=1S/C26H31N3O2/c1-30-23-10-8-21(9-11-23)24-6-2-3-7-25(24)22-12-17-29(18-13-22)16-4-5-19-31-26-20-27-14-15-28-26/h2-3,6-11,14-15,20,22H,4-5,12-13,16-19H2,1H3. The Labute approximate surface area is 185 Å². The summed E-state index contributed by atoms with van der Waals surface area (Å²) in [6.45, 7) is 4.15. The number of hydrogen-bond donors (Lipinski definition) is 0. The number of aromatic nitrogens is 2. The quantitative estimate of drug-likeness (QED) is 0.448. The van der Waals surface area contributed by atoms with Crippen molar-refractivity contribution in [1.82, 2.24) is 14.9 Å². The number of piperidine rings is 1. The van der Waals surface area contributed by atoms with E-state index in [0.717, 1.165) is 38.2 Å². The van der Waals surface area contributed by atoms with E-state index in [9.17, 15) is 0 Å². The summed E-state index contributed by atoms with van der Waals surface area (Å²) in [6, 6.07) is 17.3. The predicted molar refractivity (Wildman–Crippen MR) is 124 cm³/mol. The van der Waals surface area contributed by atoms with E-state index in [4.69, 9.17) is 9.47 Å². The molecule has 0 atom stereocenters. The molecule has 31 heavy (non-hydrogen) atoms. The first-order valence-electron chi connectivity index (χ1n) is 11.2. The monoisotopic (exact) mass is 417 g/mol. The highest BCUT2D eigenvalue weighted by Crippen LogP contribution is 2.35. The molecule has 1 aliphatic rings. The van der Waals surface area contributed by atoms with Crippen LogP contribution in [0.4, 0.5) is 0 Å². The number of unbranched alkanes of at least 4 members (excludes halogenated alkanes) is 1. The second-order valence-corrected chi connectivity index (χ2v) is 8.03. The number of ether oxygens (including phenoxy) is 2. The molecule has 3 aromatic rings. The molecule has 0 amide bonds. The number of nitrogens with zero attached hydrogens (tertiary/aromatic N) is 3. The van der Waals surface area contributed by atoms with E-state index >= 15 is 0 Å². The van der Waals surface area contributed by atoms with Crippen molar-refractivity contribution in [3.8, 4) is 22.8 Å². The van der Waals surface area contributed by atoms with Gasteiger partial charge in [-0.1, -0.05) is 36.4 Å². The molecule has 0 unspecified atom stereocenters. The maximum absolute atomic E-state index is 5.64. The lowest BCUT2D eigenvalue weighted by atomic mass is 9.84. The lowest BCUT2D eigenvalue weighted by Crippen LogP contribution is -2.34. The number of methoxy groups -OCH3 is 1. The van der Waals surface area contributed by atoms with Crippen molar-refractivity contribution in [3.63, 3.8) is 0 Å². The molecule has 4 rings (SSSR count). The van der Waals surface area contributed by atoms with E-state index in [1.165, 1.54) is 29.5 Å². The van der Waals surface area contributed by atoms with Gasteiger partial charge < -0.3 is 14.4 Å². The average Bonchev–Trinajstić information content (AvgIpc) is 2.85. The Morgan fingerprint density at radius 1 is 0.968 bits per heavy atom. The van der Waals surface area contributed by atoms with Crippen LogP contribution >= 0.6 is 0 Å². The van der Waals surface area contributed by atoms with Crippen LogP contribution < -0.4 is 9.47 Å². The van der Waals surface area contributed by atoms with E-state index in [0.29, 0.717) is 18.4 Å². The Bertz CT molecular complexity index is 923. The van der Waals surface area contributed by atoms with Gasteiger partial charge in [-0.3, -0.25) is 4.98 Å². The second kappa shape index (κ2) is 10.9. The first kappa shape index (κ1) is 21.3. The molecule has 1 aliphatic heterocycles. The topological polar surface area (TPSA) is 47.5 Å². The van der Waals surface area contributed by atoms with Gasteiger partial charge >= 0.3 is 0 Å². The molecule has 1 aromatic heterocycles. The summed E-state index contributed by atoms with van der Waals surface area (Å²) >= 11 is 0. The molecule has 2 aromatic carbocycles. The van der Waals surface area contributed by atoms with Crippen LogP contribution in [0.15, 0.2) is 67.1 Å². The Hall–Kier alpha value is -2.92. The molecule has 5 heteroatoms. The largest absolute Gasteiger partial charge is 0.497 e. The number of rotatable bonds is 9. The van der Waals surface area contributed by atoms with Crippen molar-refractivity contribution in [2.45, 2.75) is 31.6 Å². The average molecular weight is 418 g/mol. The van der Waals surface area contributed by atoms with Crippen molar-refractivity contribution in [3.05, 3.63) is 72.7 Å². The summed E-state index contributed by atoms with van der Waals surface area (Å²) in [7, 11) is 1.71. The summed E-state index contributed by atoms with van der Waals surface area (Å²) in [5.41, 5.74) is 4.09. The lowest BCUT2D eigenvalue weighted by molar-refractivity contribution is 0.201. The zero-order chi connectivity index (χ0) is 21.3. The van der Waals surface area contributed by atoms with Crippen molar-refractivity contribution < 1.29 is 9.47 Å². The van der Waals surface area contributed by atoms with Gasteiger partial charge in [0.2, 0.25) is 5.88 Å². The summed E-state index contributed by atoms with van der Waals surface area (Å²) < 4.78 is 11.0. The van der Waals surface area contributed by atoms with Gasteiger partial charge in [-0.2, -0.15) is 0 Å². The van der Waals surface area contributed by atoms with E-state index in [-0.39, 0.29) is 0 Å². The number of likely N-dealkylation sites (tertiary alicyclic amines) is 1. The van der Waals surface area contributed by atoms with E-state index < -0.39 is 0 Å². The zero-order valence-electron chi connectivity index (χ0n) is 18.2. The Morgan fingerprint density at radius 2 is 1.77 bits per heavy atom. The van der Waals surface area contributed by atoms with Crippen LogP contribution in [0.3, 0.4) is 0 Å². The van der Waals surface area contributed by atoms with Gasteiger partial charge in [0.25, 0.3) is 0 Å². The highest BCUT2D eigenvalue weighted by molar-refractivity contribution is 5.68. The summed E-state index contributed by atoms with van der Waals surface area (Å²) in [4.78, 5) is 10.8. The molecule has 162 valence electrons. The SMILES string of the molecule is COc1ccc(-c2ccccc2C2CCN(CCCCOc3cnccn3)CC2)cc1. The van der Waals surface area contributed by atoms with Crippen LogP contribution in [0.25, 0.3) is 11.1 Å². The molecular weight excluding hydrogens is 386 g/mol. The third kappa shape index (κ3) is 5.82. The minimum Gasteiger partial charge on any atom is -0.497 e. The van der Waals surface area contributed by atoms with Crippen LogP contribution in [-0.2, 0) is 0 Å². The summed E-state index contributed by atoms with van der Waals surface area (Å²) in [5.74, 6) is 2.13. The molecule has 1 fully saturated rings. The molecule has 5 nitrogen and oxygen atoms in total. The second-order valence-electron chi connectivity index (χ2n) is 8.03. The first-order chi connectivity index (χ1) is 15.3. The van der Waals surface area contributed by atoms with Gasteiger partial charge in [0.15, 0.2) is 0 Å². The summed E-state index contributed by atoms with van der Waals surface area (Å²) in [5, 5.41) is 0. The fourth-order valence-corrected chi connectivity index (χ4v) is 4.33. The maximum Gasteiger partial charge on any atom is 0.232 e. The van der Waals surface area contributed by atoms with Gasteiger partial charge in [-0.05, 0) is 80.1 Å². The third-order valence-electron chi connectivity index (χ3n) is 6.05. The van der Waals surface area contributed by atoms with Crippen molar-refractivity contribution in [2.24, 2.45) is 0 Å². The van der Waals surface area contributed by atoms with Crippen molar-refractivity contribution >= 4 is 0 Å². The molecule has 0 spiro atoms. The smallest absolute Gasteiger partial charge is 0.232 e.